The van der Waals surface area contributed by atoms with Crippen molar-refractivity contribution in [3.8, 4) is 0 Å². The number of aryl methyl sites for hydroxylation is 1. The van der Waals surface area contributed by atoms with Gasteiger partial charge in [-0.05, 0) is 48.4 Å². The third-order valence-corrected chi connectivity index (χ3v) is 5.74. The van der Waals surface area contributed by atoms with Crippen LogP contribution in [0.4, 0.5) is 5.69 Å². The van der Waals surface area contributed by atoms with Crippen molar-refractivity contribution in [1.82, 2.24) is 4.90 Å². The lowest BCUT2D eigenvalue weighted by atomic mass is 10.1. The number of rotatable bonds is 4. The van der Waals surface area contributed by atoms with Gasteiger partial charge < -0.3 is 4.90 Å². The lowest BCUT2D eigenvalue weighted by molar-refractivity contribution is -0.120. The van der Waals surface area contributed by atoms with Gasteiger partial charge in [-0.25, -0.2) is 4.90 Å². The predicted octanol–water partition coefficient (Wildman–Crippen LogP) is 3.69. The van der Waals surface area contributed by atoms with Crippen LogP contribution in [0.3, 0.4) is 0 Å². The van der Waals surface area contributed by atoms with E-state index in [2.05, 4.69) is 11.8 Å². The van der Waals surface area contributed by atoms with E-state index in [0.717, 1.165) is 37.2 Å². The number of thiophene rings is 1. The standard InChI is InChI=1S/C20H20N2O2S/c1-2-14-7-9-15(10-8-14)22-19(23)17(16-6-5-13-25-16)18(20(22)24)21-11-3-4-12-21/h5-10,13H,2-4,11-12H2,1H3. The van der Waals surface area contributed by atoms with Crippen LogP contribution in [0.1, 0.15) is 30.2 Å². The van der Waals surface area contributed by atoms with E-state index in [1.807, 2.05) is 41.8 Å². The molecule has 4 nitrogen and oxygen atoms in total. The minimum atomic E-state index is -0.210. The molecular formula is C20H20N2O2S. The number of benzene rings is 1. The third kappa shape index (κ3) is 2.68. The summed E-state index contributed by atoms with van der Waals surface area (Å²) < 4.78 is 0. The molecule has 3 heterocycles. The molecule has 5 heteroatoms. The summed E-state index contributed by atoms with van der Waals surface area (Å²) in [6, 6.07) is 11.5. The van der Waals surface area contributed by atoms with Gasteiger partial charge in [0.05, 0.1) is 11.3 Å². The fraction of sp³-hybridized carbons (Fsp3) is 0.300. The molecule has 1 fully saturated rings. The zero-order valence-corrected chi connectivity index (χ0v) is 15.0. The van der Waals surface area contributed by atoms with Crippen LogP contribution in [0.25, 0.3) is 5.57 Å². The zero-order chi connectivity index (χ0) is 17.4. The fourth-order valence-corrected chi connectivity index (χ4v) is 4.27. The molecule has 2 aliphatic rings. The van der Waals surface area contributed by atoms with Gasteiger partial charge in [0, 0.05) is 18.0 Å². The summed E-state index contributed by atoms with van der Waals surface area (Å²) in [7, 11) is 0. The molecule has 2 aromatic rings. The number of anilines is 1. The summed E-state index contributed by atoms with van der Waals surface area (Å²) in [5, 5.41) is 1.94. The molecule has 1 saturated heterocycles. The van der Waals surface area contributed by atoms with Gasteiger partial charge in [-0.15, -0.1) is 11.3 Å². The van der Waals surface area contributed by atoms with Crippen LogP contribution in [-0.2, 0) is 16.0 Å². The van der Waals surface area contributed by atoms with E-state index in [-0.39, 0.29) is 11.8 Å². The molecule has 0 spiro atoms. The first kappa shape index (κ1) is 16.1. The van der Waals surface area contributed by atoms with Crippen molar-refractivity contribution in [2.24, 2.45) is 0 Å². The maximum atomic E-state index is 13.2. The first-order valence-corrected chi connectivity index (χ1v) is 9.59. The van der Waals surface area contributed by atoms with E-state index in [0.29, 0.717) is 17.0 Å². The molecule has 25 heavy (non-hydrogen) atoms. The fourth-order valence-electron chi connectivity index (χ4n) is 3.51. The molecule has 4 rings (SSSR count). The molecule has 0 atom stereocenters. The number of imide groups is 1. The second-order valence-electron chi connectivity index (χ2n) is 6.36. The maximum absolute atomic E-state index is 13.2. The van der Waals surface area contributed by atoms with Gasteiger partial charge in [-0.1, -0.05) is 25.1 Å². The molecular weight excluding hydrogens is 332 g/mol. The van der Waals surface area contributed by atoms with Crippen molar-refractivity contribution in [3.63, 3.8) is 0 Å². The number of hydrogen-bond donors (Lipinski definition) is 0. The first-order valence-electron chi connectivity index (χ1n) is 8.71. The average Bonchev–Trinajstić information content (AvgIpc) is 3.36. The Balaban J connectivity index is 1.78. The number of carbonyl (C=O) groups is 2. The summed E-state index contributed by atoms with van der Waals surface area (Å²) in [5.74, 6) is -0.404. The van der Waals surface area contributed by atoms with Crippen molar-refractivity contribution >= 4 is 34.4 Å². The Morgan fingerprint density at radius 2 is 1.72 bits per heavy atom. The monoisotopic (exact) mass is 352 g/mol. The second kappa shape index (κ2) is 6.48. The second-order valence-corrected chi connectivity index (χ2v) is 7.31. The molecule has 0 saturated carbocycles. The minimum absolute atomic E-state index is 0.195. The SMILES string of the molecule is CCc1ccc(N2C(=O)C(c3cccs3)=C(N3CCCC3)C2=O)cc1. The Labute approximate surface area is 151 Å². The molecule has 0 bridgehead atoms. The average molecular weight is 352 g/mol. The van der Waals surface area contributed by atoms with Gasteiger partial charge in [0.1, 0.15) is 5.70 Å². The highest BCUT2D eigenvalue weighted by Crippen LogP contribution is 2.37. The first-order chi connectivity index (χ1) is 12.2. The van der Waals surface area contributed by atoms with Gasteiger partial charge in [-0.2, -0.15) is 0 Å². The molecule has 128 valence electrons. The number of nitrogens with zero attached hydrogens (tertiary/aromatic N) is 2. The van der Waals surface area contributed by atoms with Gasteiger partial charge >= 0.3 is 0 Å². The Morgan fingerprint density at radius 1 is 1.00 bits per heavy atom. The number of carbonyl (C=O) groups excluding carboxylic acids is 2. The highest BCUT2D eigenvalue weighted by atomic mass is 32.1. The Kier molecular flexibility index (Phi) is 4.17. The summed E-state index contributed by atoms with van der Waals surface area (Å²) >= 11 is 1.51. The van der Waals surface area contributed by atoms with E-state index in [1.165, 1.54) is 21.8 Å². The Hall–Kier alpha value is -2.40. The quantitative estimate of drug-likeness (QED) is 0.788. The summed E-state index contributed by atoms with van der Waals surface area (Å²) in [5.41, 5.74) is 2.97. The molecule has 2 aliphatic heterocycles. The van der Waals surface area contributed by atoms with Crippen LogP contribution in [0.5, 0.6) is 0 Å². The number of likely N-dealkylation sites (tertiary alicyclic amines) is 1. The van der Waals surface area contributed by atoms with E-state index in [9.17, 15) is 9.59 Å². The Morgan fingerprint density at radius 3 is 2.32 bits per heavy atom. The van der Waals surface area contributed by atoms with Crippen LogP contribution in [-0.4, -0.2) is 29.8 Å². The van der Waals surface area contributed by atoms with Crippen LogP contribution in [0.2, 0.25) is 0 Å². The van der Waals surface area contributed by atoms with Crippen LogP contribution in [0.15, 0.2) is 47.5 Å². The van der Waals surface area contributed by atoms with E-state index in [4.69, 9.17) is 0 Å². The van der Waals surface area contributed by atoms with Crippen LogP contribution < -0.4 is 4.90 Å². The van der Waals surface area contributed by atoms with Gasteiger partial charge in [0.25, 0.3) is 11.8 Å². The predicted molar refractivity (Wildman–Crippen MR) is 100 cm³/mol. The minimum Gasteiger partial charge on any atom is -0.366 e. The van der Waals surface area contributed by atoms with E-state index < -0.39 is 0 Å². The van der Waals surface area contributed by atoms with Crippen LogP contribution >= 0.6 is 11.3 Å². The molecule has 1 aromatic heterocycles. The van der Waals surface area contributed by atoms with Crippen molar-refractivity contribution < 1.29 is 9.59 Å². The maximum Gasteiger partial charge on any atom is 0.282 e. The largest absolute Gasteiger partial charge is 0.366 e. The highest BCUT2D eigenvalue weighted by Gasteiger charge is 2.43. The molecule has 0 radical (unpaired) electrons. The summed E-state index contributed by atoms with van der Waals surface area (Å²) in [6.45, 7) is 3.76. The van der Waals surface area contributed by atoms with Crippen molar-refractivity contribution in [2.75, 3.05) is 18.0 Å². The lowest BCUT2D eigenvalue weighted by Crippen LogP contribution is -2.34. The zero-order valence-electron chi connectivity index (χ0n) is 14.2. The summed E-state index contributed by atoms with van der Waals surface area (Å²) in [6.07, 6.45) is 3.06. The van der Waals surface area contributed by atoms with Crippen molar-refractivity contribution in [1.29, 1.82) is 0 Å². The number of amides is 2. The summed E-state index contributed by atoms with van der Waals surface area (Å²) in [4.78, 5) is 30.6. The van der Waals surface area contributed by atoms with Crippen molar-refractivity contribution in [3.05, 3.63) is 57.9 Å². The molecule has 1 aromatic carbocycles. The normalized spacial score (nSPS) is 18.0. The van der Waals surface area contributed by atoms with Gasteiger partial charge in [-0.3, -0.25) is 9.59 Å². The topological polar surface area (TPSA) is 40.6 Å². The smallest absolute Gasteiger partial charge is 0.282 e. The van der Waals surface area contributed by atoms with Crippen LogP contribution in [0, 0.1) is 0 Å². The Bertz CT molecular complexity index is 831. The number of hydrogen-bond acceptors (Lipinski definition) is 4. The lowest BCUT2D eigenvalue weighted by Gasteiger charge is -2.20. The van der Waals surface area contributed by atoms with E-state index in [1.54, 1.807) is 0 Å². The highest BCUT2D eigenvalue weighted by molar-refractivity contribution is 7.11. The molecule has 0 N–H and O–H groups in total. The third-order valence-electron chi connectivity index (χ3n) is 4.85. The molecule has 2 amide bonds. The molecule has 0 unspecified atom stereocenters. The van der Waals surface area contributed by atoms with Gasteiger partial charge in [0.2, 0.25) is 0 Å². The van der Waals surface area contributed by atoms with E-state index >= 15 is 0 Å². The van der Waals surface area contributed by atoms with Crippen molar-refractivity contribution in [2.45, 2.75) is 26.2 Å². The molecule has 0 aliphatic carbocycles. The van der Waals surface area contributed by atoms with Gasteiger partial charge in [0.15, 0.2) is 0 Å².